The van der Waals surface area contributed by atoms with Crippen LogP contribution in [0.5, 0.6) is 0 Å². The Morgan fingerprint density at radius 1 is 0.786 bits per heavy atom. The fourth-order valence-corrected chi connectivity index (χ4v) is 4.76. The van der Waals surface area contributed by atoms with E-state index in [1.54, 1.807) is 0 Å². The van der Waals surface area contributed by atoms with Gasteiger partial charge in [-0.05, 0) is 70.8 Å². The lowest BCUT2D eigenvalue weighted by Crippen LogP contribution is -2.40. The molecule has 0 atom stereocenters. The Hall–Kier alpha value is -1.17. The van der Waals surface area contributed by atoms with E-state index in [0.29, 0.717) is 13.2 Å². The second kappa shape index (κ2) is 6.96. The molecule has 0 bridgehead atoms. The number of halogens is 1. The van der Waals surface area contributed by atoms with Crippen LogP contribution in [0, 0.1) is 10.5 Å². The van der Waals surface area contributed by atoms with Crippen LogP contribution in [0.15, 0.2) is 48.6 Å². The van der Waals surface area contributed by atoms with Crippen molar-refractivity contribution in [3.05, 3.63) is 79.9 Å². The number of hydrogen-bond donors (Lipinski definition) is 0. The lowest BCUT2D eigenvalue weighted by atomic mass is 9.66. The van der Waals surface area contributed by atoms with Crippen molar-refractivity contribution in [3.63, 3.8) is 0 Å². The van der Waals surface area contributed by atoms with Crippen LogP contribution in [0.3, 0.4) is 0 Å². The first-order valence-corrected chi connectivity index (χ1v) is 11.1. The molecule has 2 aromatic carbocycles. The van der Waals surface area contributed by atoms with Gasteiger partial charge in [-0.15, -0.1) is 0 Å². The van der Waals surface area contributed by atoms with Gasteiger partial charge in [0.25, 0.3) is 0 Å². The van der Waals surface area contributed by atoms with Gasteiger partial charge in [-0.2, -0.15) is 0 Å². The molecule has 1 heterocycles. The molecule has 1 saturated heterocycles. The third-order valence-electron chi connectivity index (χ3n) is 6.15. The summed E-state index contributed by atoms with van der Waals surface area (Å²) in [5, 5.41) is 0. The Labute approximate surface area is 182 Å². The van der Waals surface area contributed by atoms with Crippen molar-refractivity contribution in [2.45, 2.75) is 57.7 Å². The zero-order valence-electron chi connectivity index (χ0n) is 17.4. The predicted octanol–water partition coefficient (Wildman–Crippen LogP) is 6.36. The van der Waals surface area contributed by atoms with Gasteiger partial charge in [-0.3, -0.25) is 0 Å². The van der Waals surface area contributed by atoms with E-state index in [1.807, 2.05) is 0 Å². The van der Waals surface area contributed by atoms with Gasteiger partial charge in [0.15, 0.2) is 0 Å². The van der Waals surface area contributed by atoms with E-state index in [9.17, 15) is 0 Å². The lowest BCUT2D eigenvalue weighted by molar-refractivity contribution is -0.249. The largest absolute Gasteiger partial charge is 0.342 e. The van der Waals surface area contributed by atoms with E-state index in [2.05, 4.69) is 106 Å². The van der Waals surface area contributed by atoms with Crippen molar-refractivity contribution in [2.24, 2.45) is 0 Å². The van der Waals surface area contributed by atoms with Crippen molar-refractivity contribution in [1.29, 1.82) is 0 Å². The minimum atomic E-state index is -0.830. The zero-order chi connectivity index (χ0) is 20.2. The van der Waals surface area contributed by atoms with Gasteiger partial charge in [0.05, 0.1) is 13.2 Å². The molecule has 0 amide bonds. The van der Waals surface area contributed by atoms with Crippen molar-refractivity contribution < 1.29 is 9.47 Å². The first-order valence-electron chi connectivity index (χ1n) is 10.1. The Morgan fingerprint density at radius 3 is 1.89 bits per heavy atom. The standard InChI is InChI=1S/C25H29IO2/c1-17-15-21-22(24(4,5)12-11-23(21,2)3)16-20(17)25(27-13-6-14-28-25)18-7-9-19(26)10-8-18/h7-12,15-16H,6,13-14H2,1-5H3. The van der Waals surface area contributed by atoms with Crippen LogP contribution in [-0.2, 0) is 26.1 Å². The van der Waals surface area contributed by atoms with E-state index in [0.717, 1.165) is 17.5 Å². The van der Waals surface area contributed by atoms with Crippen LogP contribution in [-0.4, -0.2) is 13.2 Å². The fourth-order valence-electron chi connectivity index (χ4n) is 4.40. The minimum Gasteiger partial charge on any atom is -0.342 e. The van der Waals surface area contributed by atoms with Crippen molar-refractivity contribution in [3.8, 4) is 0 Å². The van der Waals surface area contributed by atoms with Crippen LogP contribution in [0.25, 0.3) is 0 Å². The number of allylic oxidation sites excluding steroid dienone is 2. The van der Waals surface area contributed by atoms with Crippen molar-refractivity contribution >= 4 is 22.6 Å². The summed E-state index contributed by atoms with van der Waals surface area (Å²) in [6.45, 7) is 12.8. The third kappa shape index (κ3) is 3.25. The molecule has 2 nitrogen and oxygen atoms in total. The van der Waals surface area contributed by atoms with Gasteiger partial charge < -0.3 is 9.47 Å². The molecule has 3 heteroatoms. The Bertz CT molecular complexity index is 916. The number of benzene rings is 2. The summed E-state index contributed by atoms with van der Waals surface area (Å²) in [7, 11) is 0. The highest BCUT2D eigenvalue weighted by molar-refractivity contribution is 14.1. The summed E-state index contributed by atoms with van der Waals surface area (Å²) in [4.78, 5) is 0. The average molecular weight is 488 g/mol. The highest BCUT2D eigenvalue weighted by atomic mass is 127. The lowest BCUT2D eigenvalue weighted by Gasteiger charge is -2.42. The van der Waals surface area contributed by atoms with Gasteiger partial charge in [-0.1, -0.05) is 58.0 Å². The SMILES string of the molecule is Cc1cc2c(cc1C1(c3ccc(I)cc3)OCCCO1)C(C)(C)C=CC2(C)C. The molecule has 1 fully saturated rings. The molecule has 1 aliphatic carbocycles. The van der Waals surface area contributed by atoms with Crippen molar-refractivity contribution in [1.82, 2.24) is 0 Å². The second-order valence-electron chi connectivity index (χ2n) is 9.16. The van der Waals surface area contributed by atoms with Crippen LogP contribution in [0.4, 0.5) is 0 Å². The first-order chi connectivity index (χ1) is 13.2. The summed E-state index contributed by atoms with van der Waals surface area (Å²) < 4.78 is 14.1. The summed E-state index contributed by atoms with van der Waals surface area (Å²) in [5.74, 6) is -0.830. The van der Waals surface area contributed by atoms with Crippen LogP contribution in [0.1, 0.15) is 61.9 Å². The van der Waals surface area contributed by atoms with E-state index < -0.39 is 5.79 Å². The highest BCUT2D eigenvalue weighted by Gasteiger charge is 2.42. The van der Waals surface area contributed by atoms with Crippen molar-refractivity contribution in [2.75, 3.05) is 13.2 Å². The second-order valence-corrected chi connectivity index (χ2v) is 10.4. The summed E-state index contributed by atoms with van der Waals surface area (Å²) in [6, 6.07) is 13.2. The number of hydrogen-bond acceptors (Lipinski definition) is 2. The van der Waals surface area contributed by atoms with Crippen LogP contribution in [0.2, 0.25) is 0 Å². The third-order valence-corrected chi connectivity index (χ3v) is 6.87. The molecule has 2 aromatic rings. The molecule has 148 valence electrons. The number of aryl methyl sites for hydroxylation is 1. The van der Waals surface area contributed by atoms with E-state index in [1.165, 1.54) is 20.3 Å². The average Bonchev–Trinajstić information content (AvgIpc) is 2.66. The molecule has 0 unspecified atom stereocenters. The van der Waals surface area contributed by atoms with E-state index in [4.69, 9.17) is 9.47 Å². The zero-order valence-corrected chi connectivity index (χ0v) is 19.6. The van der Waals surface area contributed by atoms with Crippen LogP contribution >= 0.6 is 22.6 Å². The normalized spacial score (nSPS) is 21.9. The molecule has 28 heavy (non-hydrogen) atoms. The summed E-state index contributed by atoms with van der Waals surface area (Å²) in [5.41, 5.74) is 6.19. The quantitative estimate of drug-likeness (QED) is 0.362. The molecule has 0 N–H and O–H groups in total. The summed E-state index contributed by atoms with van der Waals surface area (Å²) >= 11 is 2.34. The number of rotatable bonds is 2. The molecule has 4 rings (SSSR count). The monoisotopic (exact) mass is 488 g/mol. The first kappa shape index (κ1) is 20.1. The summed E-state index contributed by atoms with van der Waals surface area (Å²) in [6.07, 6.45) is 5.61. The molecule has 0 saturated carbocycles. The Balaban J connectivity index is 1.95. The smallest absolute Gasteiger partial charge is 0.222 e. The highest BCUT2D eigenvalue weighted by Crippen LogP contribution is 2.46. The molecular weight excluding hydrogens is 459 g/mol. The van der Waals surface area contributed by atoms with Crippen LogP contribution < -0.4 is 0 Å². The number of fused-ring (bicyclic) bond motifs is 1. The predicted molar refractivity (Wildman–Crippen MR) is 123 cm³/mol. The Morgan fingerprint density at radius 2 is 1.32 bits per heavy atom. The topological polar surface area (TPSA) is 18.5 Å². The number of ether oxygens (including phenoxy) is 2. The van der Waals surface area contributed by atoms with Gasteiger partial charge in [0, 0.05) is 25.5 Å². The molecule has 0 aromatic heterocycles. The molecule has 1 aliphatic heterocycles. The molecule has 2 aliphatic rings. The maximum absolute atomic E-state index is 6.43. The van der Waals surface area contributed by atoms with Gasteiger partial charge >= 0.3 is 0 Å². The van der Waals surface area contributed by atoms with E-state index in [-0.39, 0.29) is 10.8 Å². The molecular formula is C25H29IO2. The molecule has 0 spiro atoms. The molecule has 0 radical (unpaired) electrons. The maximum atomic E-state index is 6.43. The Kier molecular flexibility index (Phi) is 5.00. The minimum absolute atomic E-state index is 0.0186. The van der Waals surface area contributed by atoms with Gasteiger partial charge in [-0.25, -0.2) is 0 Å². The fraction of sp³-hybridized carbons (Fsp3) is 0.440. The van der Waals surface area contributed by atoms with E-state index >= 15 is 0 Å². The maximum Gasteiger partial charge on any atom is 0.222 e. The van der Waals surface area contributed by atoms with Gasteiger partial charge in [0.2, 0.25) is 5.79 Å². The van der Waals surface area contributed by atoms with Gasteiger partial charge in [0.1, 0.15) is 0 Å².